The number of hydrogen-bond acceptors (Lipinski definition) is 4. The Morgan fingerprint density at radius 2 is 1.97 bits per heavy atom. The molecule has 3 atom stereocenters. The van der Waals surface area contributed by atoms with Crippen LogP contribution >= 0.6 is 24.8 Å². The van der Waals surface area contributed by atoms with Crippen LogP contribution in [0.2, 0.25) is 0 Å². The Hall–Kier alpha value is -1.82. The molecule has 2 aromatic rings. The van der Waals surface area contributed by atoms with E-state index in [4.69, 9.17) is 0 Å². The maximum atomic E-state index is 13.3. The summed E-state index contributed by atoms with van der Waals surface area (Å²) in [4.78, 5) is 17.4. The lowest BCUT2D eigenvalue weighted by Crippen LogP contribution is -2.50. The Balaban J connectivity index is 0.00000150. The number of amides is 1. The molecule has 0 aliphatic carbocycles. The van der Waals surface area contributed by atoms with Crippen LogP contribution in [0.4, 0.5) is 5.69 Å². The fourth-order valence-corrected chi connectivity index (χ4v) is 4.71. The Bertz CT molecular complexity index is 804. The van der Waals surface area contributed by atoms with Crippen molar-refractivity contribution in [2.24, 2.45) is 5.41 Å². The van der Waals surface area contributed by atoms with Gasteiger partial charge in [-0.3, -0.25) is 9.78 Å². The highest BCUT2D eigenvalue weighted by atomic mass is 35.5. The van der Waals surface area contributed by atoms with Gasteiger partial charge in [-0.15, -0.1) is 24.8 Å². The van der Waals surface area contributed by atoms with E-state index >= 15 is 0 Å². The lowest BCUT2D eigenvalue weighted by atomic mass is 9.69. The number of halogens is 2. The molecule has 0 saturated carbocycles. The Morgan fingerprint density at radius 3 is 2.62 bits per heavy atom. The van der Waals surface area contributed by atoms with Crippen molar-refractivity contribution in [3.05, 3.63) is 59.9 Å². The van der Waals surface area contributed by atoms with E-state index < -0.39 is 0 Å². The van der Waals surface area contributed by atoms with Gasteiger partial charge < -0.3 is 16.0 Å². The maximum absolute atomic E-state index is 13.3. The van der Waals surface area contributed by atoms with Crippen LogP contribution in [-0.2, 0) is 11.2 Å². The summed E-state index contributed by atoms with van der Waals surface area (Å²) in [5.74, 6) is 0.194. The number of carbonyl (C=O) groups is 1. The van der Waals surface area contributed by atoms with Gasteiger partial charge in [0, 0.05) is 43.3 Å². The normalized spacial score (nSPS) is 24.3. The monoisotopic (exact) mass is 436 g/mol. The minimum Gasteiger partial charge on any atom is -0.383 e. The molecule has 0 unspecified atom stereocenters. The van der Waals surface area contributed by atoms with E-state index in [0.717, 1.165) is 30.5 Å². The van der Waals surface area contributed by atoms with Crippen LogP contribution in [0.15, 0.2) is 48.8 Å². The number of benzene rings is 1. The Morgan fingerprint density at radius 1 is 1.17 bits per heavy atom. The van der Waals surface area contributed by atoms with Crippen molar-refractivity contribution in [1.29, 1.82) is 0 Å². The number of nitrogens with one attached hydrogen (secondary N) is 3. The summed E-state index contributed by atoms with van der Waals surface area (Å²) >= 11 is 0. The zero-order chi connectivity index (χ0) is 18.7. The molecule has 158 valence electrons. The van der Waals surface area contributed by atoms with Gasteiger partial charge in [0.15, 0.2) is 0 Å². The van der Waals surface area contributed by atoms with Gasteiger partial charge in [-0.05, 0) is 49.8 Å². The quantitative estimate of drug-likeness (QED) is 0.580. The summed E-state index contributed by atoms with van der Waals surface area (Å²) in [5, 5.41) is 10.2. The molecule has 3 N–H and O–H groups in total. The summed E-state index contributed by atoms with van der Waals surface area (Å²) in [7, 11) is 0. The topological polar surface area (TPSA) is 66.0 Å². The largest absolute Gasteiger partial charge is 0.383 e. The Labute approximate surface area is 185 Å². The first-order valence-electron chi connectivity index (χ1n) is 9.90. The predicted molar refractivity (Wildman–Crippen MR) is 122 cm³/mol. The van der Waals surface area contributed by atoms with Crippen LogP contribution in [0.3, 0.4) is 0 Å². The number of nitrogens with zero attached hydrogens (tertiary/aromatic N) is 1. The smallest absolute Gasteiger partial charge is 0.228 e. The van der Waals surface area contributed by atoms with Crippen LogP contribution in [0.25, 0.3) is 0 Å². The number of hydrogen-bond donors (Lipinski definition) is 3. The van der Waals surface area contributed by atoms with E-state index in [1.807, 2.05) is 25.3 Å². The SMILES string of the molecule is Cc1cnccc1NCCNC(=O)[C@]1(Cc2ccccc2)C[C@@H]2CC[C@H]1N2.Cl.Cl. The van der Waals surface area contributed by atoms with Crippen molar-refractivity contribution in [1.82, 2.24) is 15.6 Å². The van der Waals surface area contributed by atoms with Crippen LogP contribution in [-0.4, -0.2) is 36.1 Å². The lowest BCUT2D eigenvalue weighted by molar-refractivity contribution is -0.132. The van der Waals surface area contributed by atoms with Gasteiger partial charge >= 0.3 is 0 Å². The summed E-state index contributed by atoms with van der Waals surface area (Å²) in [6.45, 7) is 3.36. The van der Waals surface area contributed by atoms with Gasteiger partial charge in [-0.1, -0.05) is 30.3 Å². The average Bonchev–Trinajstić information content (AvgIpc) is 3.29. The molecule has 0 spiro atoms. The third-order valence-electron chi connectivity index (χ3n) is 6.08. The molecular weight excluding hydrogens is 407 g/mol. The molecule has 5 nitrogen and oxygen atoms in total. The standard InChI is InChI=1S/C22H28N4O.2ClH/c1-16-15-23-10-9-19(16)24-11-12-25-21(27)22(13-17-5-3-2-4-6-17)14-18-7-8-20(22)26-18;;/h2-6,9-10,15,18,20,26H,7-8,11-14H2,1H3,(H,23,24)(H,25,27);2*1H/t18-,20+,22+;;/m0../s1. The molecule has 2 aliphatic heterocycles. The van der Waals surface area contributed by atoms with Crippen molar-refractivity contribution in [3.8, 4) is 0 Å². The molecule has 1 aromatic carbocycles. The molecular formula is C22H30Cl2N4O. The van der Waals surface area contributed by atoms with Crippen LogP contribution in [0.1, 0.15) is 30.4 Å². The fraction of sp³-hybridized carbons (Fsp3) is 0.455. The second-order valence-corrected chi connectivity index (χ2v) is 7.89. The molecule has 2 bridgehead atoms. The lowest BCUT2D eigenvalue weighted by Gasteiger charge is -2.35. The summed E-state index contributed by atoms with van der Waals surface area (Å²) in [6, 6.07) is 13.2. The molecule has 7 heteroatoms. The minimum atomic E-state index is -0.323. The highest BCUT2D eigenvalue weighted by Crippen LogP contribution is 2.45. The van der Waals surface area contributed by atoms with Crippen molar-refractivity contribution < 1.29 is 4.79 Å². The minimum absolute atomic E-state index is 0. The highest BCUT2D eigenvalue weighted by Gasteiger charge is 2.55. The molecule has 1 aromatic heterocycles. The van der Waals surface area contributed by atoms with Crippen LogP contribution in [0, 0.1) is 12.3 Å². The molecule has 29 heavy (non-hydrogen) atoms. The number of anilines is 1. The number of fused-ring (bicyclic) bond motifs is 2. The first kappa shape index (κ1) is 23.5. The van der Waals surface area contributed by atoms with Crippen molar-refractivity contribution in [2.75, 3.05) is 18.4 Å². The molecule has 2 aliphatic rings. The second kappa shape index (κ2) is 10.3. The summed E-state index contributed by atoms with van der Waals surface area (Å²) < 4.78 is 0. The van der Waals surface area contributed by atoms with Gasteiger partial charge in [0.25, 0.3) is 0 Å². The van der Waals surface area contributed by atoms with Crippen LogP contribution in [0.5, 0.6) is 0 Å². The van der Waals surface area contributed by atoms with E-state index in [-0.39, 0.29) is 42.2 Å². The highest BCUT2D eigenvalue weighted by molar-refractivity contribution is 5.86. The first-order valence-corrected chi connectivity index (χ1v) is 9.90. The third kappa shape index (κ3) is 5.03. The van der Waals surface area contributed by atoms with Gasteiger partial charge in [0.1, 0.15) is 0 Å². The van der Waals surface area contributed by atoms with Crippen molar-refractivity contribution in [2.45, 2.75) is 44.7 Å². The fourth-order valence-electron chi connectivity index (χ4n) is 4.71. The molecule has 2 saturated heterocycles. The number of aromatic nitrogens is 1. The number of carbonyl (C=O) groups excluding carboxylic acids is 1. The number of pyridine rings is 1. The van der Waals surface area contributed by atoms with Gasteiger partial charge in [-0.2, -0.15) is 0 Å². The maximum Gasteiger partial charge on any atom is 0.228 e. The van der Waals surface area contributed by atoms with E-state index in [2.05, 4.69) is 45.2 Å². The molecule has 4 rings (SSSR count). The van der Waals surface area contributed by atoms with E-state index in [1.54, 1.807) is 6.20 Å². The van der Waals surface area contributed by atoms with E-state index in [0.29, 0.717) is 19.1 Å². The average molecular weight is 437 g/mol. The van der Waals surface area contributed by atoms with Crippen molar-refractivity contribution in [3.63, 3.8) is 0 Å². The third-order valence-corrected chi connectivity index (χ3v) is 6.08. The predicted octanol–water partition coefficient (Wildman–Crippen LogP) is 3.52. The van der Waals surface area contributed by atoms with Gasteiger partial charge in [0.05, 0.1) is 5.41 Å². The molecule has 0 radical (unpaired) electrons. The number of rotatable bonds is 7. The first-order chi connectivity index (χ1) is 13.2. The van der Waals surface area contributed by atoms with Gasteiger partial charge in [-0.25, -0.2) is 0 Å². The van der Waals surface area contributed by atoms with Crippen molar-refractivity contribution >= 4 is 36.4 Å². The zero-order valence-corrected chi connectivity index (χ0v) is 18.3. The number of aryl methyl sites for hydroxylation is 1. The van der Waals surface area contributed by atoms with Crippen LogP contribution < -0.4 is 16.0 Å². The molecule has 2 fully saturated rings. The Kier molecular flexibility index (Phi) is 8.32. The second-order valence-electron chi connectivity index (χ2n) is 7.89. The van der Waals surface area contributed by atoms with E-state index in [9.17, 15) is 4.79 Å². The summed E-state index contributed by atoms with van der Waals surface area (Å²) in [5.41, 5.74) is 3.10. The molecule has 1 amide bonds. The summed E-state index contributed by atoms with van der Waals surface area (Å²) in [6.07, 6.45) is 7.66. The van der Waals surface area contributed by atoms with Gasteiger partial charge in [0.2, 0.25) is 5.91 Å². The molecule has 3 heterocycles. The zero-order valence-electron chi connectivity index (χ0n) is 16.7. The van der Waals surface area contributed by atoms with E-state index in [1.165, 1.54) is 12.0 Å².